The van der Waals surface area contributed by atoms with E-state index in [2.05, 4.69) is 11.6 Å². The van der Waals surface area contributed by atoms with E-state index in [1.165, 1.54) is 30.3 Å². The molecule has 0 saturated heterocycles. The summed E-state index contributed by atoms with van der Waals surface area (Å²) in [5.74, 6) is 0.569. The zero-order chi connectivity index (χ0) is 8.55. The summed E-state index contributed by atoms with van der Waals surface area (Å²) in [6.45, 7) is 3.42. The van der Waals surface area contributed by atoms with Gasteiger partial charge >= 0.3 is 0 Å². The number of allylic oxidation sites excluding steroid dienone is 1. The first kappa shape index (κ1) is 7.68. The summed E-state index contributed by atoms with van der Waals surface area (Å²) >= 11 is 1.42. The van der Waals surface area contributed by atoms with Crippen molar-refractivity contribution in [3.05, 3.63) is 28.7 Å². The molecule has 1 aliphatic carbocycles. The molecule has 1 heterocycles. The Morgan fingerprint density at radius 1 is 1.75 bits per heavy atom. The first-order valence-corrected chi connectivity index (χ1v) is 4.81. The molecule has 0 atom stereocenters. The van der Waals surface area contributed by atoms with Crippen LogP contribution < -0.4 is 0 Å². The van der Waals surface area contributed by atoms with Crippen molar-refractivity contribution in [3.8, 4) is 0 Å². The standard InChI is InChI=1S/C9H9NOS/c1-2-8(11)9-10-7(5-12-9)6-3-4-6/h2,5-6H,1,3-4H2. The van der Waals surface area contributed by atoms with E-state index in [0.717, 1.165) is 5.69 Å². The Morgan fingerprint density at radius 2 is 2.50 bits per heavy atom. The molecule has 1 aromatic rings. The first-order valence-electron chi connectivity index (χ1n) is 3.93. The smallest absolute Gasteiger partial charge is 0.213 e. The quantitative estimate of drug-likeness (QED) is 0.526. The molecule has 0 N–H and O–H groups in total. The summed E-state index contributed by atoms with van der Waals surface area (Å²) in [5, 5.41) is 2.56. The monoisotopic (exact) mass is 179 g/mol. The third-order valence-corrected chi connectivity index (χ3v) is 2.79. The van der Waals surface area contributed by atoms with Gasteiger partial charge in [0.05, 0.1) is 5.69 Å². The fraction of sp³-hybridized carbons (Fsp3) is 0.333. The second-order valence-corrected chi connectivity index (χ2v) is 3.78. The summed E-state index contributed by atoms with van der Waals surface area (Å²) in [6.07, 6.45) is 3.77. The van der Waals surface area contributed by atoms with Crippen LogP contribution in [0.5, 0.6) is 0 Å². The predicted molar refractivity (Wildman–Crippen MR) is 48.6 cm³/mol. The minimum Gasteiger partial charge on any atom is -0.287 e. The number of carbonyl (C=O) groups is 1. The number of hydrogen-bond donors (Lipinski definition) is 0. The Balaban J connectivity index is 2.22. The molecule has 62 valence electrons. The highest BCUT2D eigenvalue weighted by molar-refractivity contribution is 7.11. The van der Waals surface area contributed by atoms with E-state index in [1.54, 1.807) is 0 Å². The summed E-state index contributed by atoms with van der Waals surface area (Å²) < 4.78 is 0. The molecule has 1 aromatic heterocycles. The van der Waals surface area contributed by atoms with E-state index in [1.807, 2.05) is 5.38 Å². The molecule has 0 spiro atoms. The van der Waals surface area contributed by atoms with Crippen molar-refractivity contribution in [1.82, 2.24) is 4.98 Å². The van der Waals surface area contributed by atoms with Gasteiger partial charge in [0, 0.05) is 11.3 Å². The van der Waals surface area contributed by atoms with E-state index < -0.39 is 0 Å². The molecule has 1 aliphatic rings. The molecule has 0 amide bonds. The van der Waals surface area contributed by atoms with Gasteiger partial charge in [-0.05, 0) is 18.9 Å². The molecule has 0 aliphatic heterocycles. The molecule has 0 aromatic carbocycles. The Labute approximate surface area is 74.9 Å². The minimum absolute atomic E-state index is 0.0631. The van der Waals surface area contributed by atoms with Gasteiger partial charge in [0.15, 0.2) is 5.01 Å². The second-order valence-electron chi connectivity index (χ2n) is 2.92. The minimum atomic E-state index is -0.0631. The van der Waals surface area contributed by atoms with E-state index in [4.69, 9.17) is 0 Å². The van der Waals surface area contributed by atoms with Gasteiger partial charge in [0.2, 0.25) is 5.78 Å². The van der Waals surface area contributed by atoms with Crippen LogP contribution in [0.4, 0.5) is 0 Å². The van der Waals surface area contributed by atoms with Crippen molar-refractivity contribution >= 4 is 17.1 Å². The molecule has 1 fully saturated rings. The lowest BCUT2D eigenvalue weighted by Gasteiger charge is -1.86. The van der Waals surface area contributed by atoms with Crippen molar-refractivity contribution in [3.63, 3.8) is 0 Å². The largest absolute Gasteiger partial charge is 0.287 e. The van der Waals surface area contributed by atoms with Crippen LogP contribution in [0.25, 0.3) is 0 Å². The Morgan fingerprint density at radius 3 is 3.08 bits per heavy atom. The number of aromatic nitrogens is 1. The van der Waals surface area contributed by atoms with Gasteiger partial charge in [0.1, 0.15) is 0 Å². The Bertz CT molecular complexity index is 325. The summed E-state index contributed by atoms with van der Waals surface area (Å²) in [7, 11) is 0. The van der Waals surface area contributed by atoms with Gasteiger partial charge < -0.3 is 0 Å². The highest BCUT2D eigenvalue weighted by atomic mass is 32.1. The van der Waals surface area contributed by atoms with Gasteiger partial charge in [-0.2, -0.15) is 0 Å². The van der Waals surface area contributed by atoms with Crippen LogP contribution >= 0.6 is 11.3 Å². The maximum absolute atomic E-state index is 11.1. The highest BCUT2D eigenvalue weighted by Gasteiger charge is 2.26. The van der Waals surface area contributed by atoms with Crippen LogP contribution in [0.1, 0.15) is 34.3 Å². The third kappa shape index (κ3) is 1.32. The molecule has 2 nitrogen and oxygen atoms in total. The van der Waals surface area contributed by atoms with Crippen LogP contribution in [0.15, 0.2) is 18.0 Å². The number of thiazole rings is 1. The number of carbonyl (C=O) groups excluding carboxylic acids is 1. The maximum atomic E-state index is 11.1. The lowest BCUT2D eigenvalue weighted by molar-refractivity contribution is 0.104. The van der Waals surface area contributed by atoms with Crippen molar-refractivity contribution in [2.75, 3.05) is 0 Å². The fourth-order valence-electron chi connectivity index (χ4n) is 1.05. The molecule has 0 radical (unpaired) electrons. The molecule has 3 heteroatoms. The molecular weight excluding hydrogens is 170 g/mol. The zero-order valence-electron chi connectivity index (χ0n) is 6.62. The van der Waals surface area contributed by atoms with Crippen LogP contribution in [0.2, 0.25) is 0 Å². The van der Waals surface area contributed by atoms with E-state index in [9.17, 15) is 4.79 Å². The molecule has 2 rings (SSSR count). The average molecular weight is 179 g/mol. The Kier molecular flexibility index (Phi) is 1.81. The van der Waals surface area contributed by atoms with Gasteiger partial charge in [0.25, 0.3) is 0 Å². The van der Waals surface area contributed by atoms with Gasteiger partial charge in [-0.3, -0.25) is 4.79 Å². The highest BCUT2D eigenvalue weighted by Crippen LogP contribution is 2.40. The molecular formula is C9H9NOS. The SMILES string of the molecule is C=CC(=O)c1nc(C2CC2)cs1. The van der Waals surface area contributed by atoms with Gasteiger partial charge in [-0.25, -0.2) is 4.98 Å². The number of ketones is 1. The lowest BCUT2D eigenvalue weighted by Crippen LogP contribution is -1.92. The summed E-state index contributed by atoms with van der Waals surface area (Å²) in [5.41, 5.74) is 1.09. The van der Waals surface area contributed by atoms with E-state index >= 15 is 0 Å². The van der Waals surface area contributed by atoms with Crippen molar-refractivity contribution in [1.29, 1.82) is 0 Å². The zero-order valence-corrected chi connectivity index (χ0v) is 7.43. The lowest BCUT2D eigenvalue weighted by atomic mass is 10.3. The van der Waals surface area contributed by atoms with Crippen LogP contribution in [-0.2, 0) is 0 Å². The average Bonchev–Trinajstić information content (AvgIpc) is 2.83. The molecule has 0 unspecified atom stereocenters. The third-order valence-electron chi connectivity index (χ3n) is 1.91. The van der Waals surface area contributed by atoms with E-state index in [0.29, 0.717) is 10.9 Å². The summed E-state index contributed by atoms with van der Waals surface area (Å²) in [6, 6.07) is 0. The first-order chi connectivity index (χ1) is 5.81. The number of rotatable bonds is 3. The van der Waals surface area contributed by atoms with Crippen LogP contribution in [0, 0.1) is 0 Å². The topological polar surface area (TPSA) is 30.0 Å². The molecule has 12 heavy (non-hydrogen) atoms. The number of hydrogen-bond acceptors (Lipinski definition) is 3. The van der Waals surface area contributed by atoms with Crippen LogP contribution in [-0.4, -0.2) is 10.8 Å². The van der Waals surface area contributed by atoms with Gasteiger partial charge in [-0.1, -0.05) is 6.58 Å². The Hall–Kier alpha value is -0.960. The van der Waals surface area contributed by atoms with Crippen molar-refractivity contribution < 1.29 is 4.79 Å². The van der Waals surface area contributed by atoms with E-state index in [-0.39, 0.29) is 5.78 Å². The normalized spacial score (nSPS) is 16.0. The van der Waals surface area contributed by atoms with Crippen molar-refractivity contribution in [2.24, 2.45) is 0 Å². The molecule has 0 bridgehead atoms. The second kappa shape index (κ2) is 2.83. The number of nitrogens with zero attached hydrogens (tertiary/aromatic N) is 1. The van der Waals surface area contributed by atoms with Crippen molar-refractivity contribution in [2.45, 2.75) is 18.8 Å². The molecule has 1 saturated carbocycles. The van der Waals surface area contributed by atoms with Gasteiger partial charge in [-0.15, -0.1) is 11.3 Å². The maximum Gasteiger partial charge on any atom is 0.213 e. The predicted octanol–water partition coefficient (Wildman–Crippen LogP) is 2.39. The summed E-state index contributed by atoms with van der Waals surface area (Å²) in [4.78, 5) is 15.3. The fourth-order valence-corrected chi connectivity index (χ4v) is 1.89. The van der Waals surface area contributed by atoms with Crippen LogP contribution in [0.3, 0.4) is 0 Å².